The van der Waals surface area contributed by atoms with Gasteiger partial charge in [0.15, 0.2) is 0 Å². The van der Waals surface area contributed by atoms with Crippen molar-refractivity contribution >= 4 is 17.3 Å². The summed E-state index contributed by atoms with van der Waals surface area (Å²) in [6, 6.07) is 5.25. The fourth-order valence-corrected chi connectivity index (χ4v) is 2.14. The molecule has 1 aromatic carbocycles. The standard InChI is InChI=1S/C14H20N2O3/c1-2-19-14(17)11-4-3-5-12(15)13(11)16-8-10-6-7-18-9-10/h3-5,10,16H,2,6-9,15H2,1H3. The Morgan fingerprint density at radius 3 is 3.11 bits per heavy atom. The summed E-state index contributed by atoms with van der Waals surface area (Å²) >= 11 is 0. The molecule has 1 heterocycles. The molecule has 1 aliphatic heterocycles. The lowest BCUT2D eigenvalue weighted by Crippen LogP contribution is -2.18. The van der Waals surface area contributed by atoms with E-state index in [-0.39, 0.29) is 5.97 Å². The molecule has 1 fully saturated rings. The van der Waals surface area contributed by atoms with E-state index in [2.05, 4.69) is 5.32 Å². The molecule has 0 radical (unpaired) electrons. The van der Waals surface area contributed by atoms with E-state index in [0.29, 0.717) is 29.5 Å². The van der Waals surface area contributed by atoms with Crippen LogP contribution in [0.25, 0.3) is 0 Å². The van der Waals surface area contributed by atoms with Gasteiger partial charge in [-0.3, -0.25) is 0 Å². The number of hydrogen-bond donors (Lipinski definition) is 2. The number of carbonyl (C=O) groups is 1. The minimum Gasteiger partial charge on any atom is -0.462 e. The van der Waals surface area contributed by atoms with Gasteiger partial charge in [-0.05, 0) is 25.5 Å². The first kappa shape index (κ1) is 13.7. The van der Waals surface area contributed by atoms with Crippen LogP contribution in [-0.4, -0.2) is 32.3 Å². The summed E-state index contributed by atoms with van der Waals surface area (Å²) in [5.41, 5.74) is 7.65. The third kappa shape index (κ3) is 3.38. The number of hydrogen-bond acceptors (Lipinski definition) is 5. The molecule has 1 aromatic rings. The third-order valence-corrected chi connectivity index (χ3v) is 3.18. The Hall–Kier alpha value is -1.75. The zero-order chi connectivity index (χ0) is 13.7. The van der Waals surface area contributed by atoms with E-state index in [1.165, 1.54) is 0 Å². The SMILES string of the molecule is CCOC(=O)c1cccc(N)c1NCC1CCOC1. The number of ether oxygens (including phenoxy) is 2. The van der Waals surface area contributed by atoms with Crippen LogP contribution in [0.1, 0.15) is 23.7 Å². The topological polar surface area (TPSA) is 73.6 Å². The van der Waals surface area contributed by atoms with Crippen LogP contribution in [0.4, 0.5) is 11.4 Å². The predicted octanol–water partition coefficient (Wildman–Crippen LogP) is 1.89. The van der Waals surface area contributed by atoms with Gasteiger partial charge >= 0.3 is 5.97 Å². The number of rotatable bonds is 5. The van der Waals surface area contributed by atoms with Crippen molar-refractivity contribution in [1.29, 1.82) is 0 Å². The van der Waals surface area contributed by atoms with E-state index < -0.39 is 0 Å². The lowest BCUT2D eigenvalue weighted by atomic mass is 10.1. The molecule has 5 nitrogen and oxygen atoms in total. The van der Waals surface area contributed by atoms with Gasteiger partial charge in [-0.15, -0.1) is 0 Å². The molecule has 5 heteroatoms. The highest BCUT2D eigenvalue weighted by atomic mass is 16.5. The van der Waals surface area contributed by atoms with Crippen molar-refractivity contribution in [3.63, 3.8) is 0 Å². The Labute approximate surface area is 113 Å². The largest absolute Gasteiger partial charge is 0.462 e. The van der Waals surface area contributed by atoms with Gasteiger partial charge in [0.05, 0.1) is 30.2 Å². The van der Waals surface area contributed by atoms with Gasteiger partial charge < -0.3 is 20.5 Å². The third-order valence-electron chi connectivity index (χ3n) is 3.18. The fraction of sp³-hybridized carbons (Fsp3) is 0.500. The molecule has 104 valence electrons. The Balaban J connectivity index is 2.10. The van der Waals surface area contributed by atoms with Gasteiger partial charge in [0, 0.05) is 19.1 Å². The van der Waals surface area contributed by atoms with E-state index in [4.69, 9.17) is 15.2 Å². The van der Waals surface area contributed by atoms with Gasteiger partial charge in [0.25, 0.3) is 0 Å². The van der Waals surface area contributed by atoms with Gasteiger partial charge in [0.1, 0.15) is 0 Å². The summed E-state index contributed by atoms with van der Waals surface area (Å²) in [4.78, 5) is 11.9. The molecule has 2 rings (SSSR count). The van der Waals surface area contributed by atoms with Gasteiger partial charge in [-0.25, -0.2) is 4.79 Å². The number of nitrogen functional groups attached to an aromatic ring is 1. The highest BCUT2D eigenvalue weighted by molar-refractivity contribution is 5.98. The molecular weight excluding hydrogens is 244 g/mol. The number of anilines is 2. The molecule has 1 unspecified atom stereocenters. The van der Waals surface area contributed by atoms with E-state index in [0.717, 1.165) is 26.2 Å². The van der Waals surface area contributed by atoms with Crippen LogP contribution in [0.3, 0.4) is 0 Å². The van der Waals surface area contributed by atoms with E-state index >= 15 is 0 Å². The van der Waals surface area contributed by atoms with Crippen LogP contribution < -0.4 is 11.1 Å². The number of nitrogens with two attached hydrogens (primary N) is 1. The Bertz CT molecular complexity index is 442. The monoisotopic (exact) mass is 264 g/mol. The van der Waals surface area contributed by atoms with Gasteiger partial charge in [-0.2, -0.15) is 0 Å². The first-order valence-electron chi connectivity index (χ1n) is 6.59. The second-order valence-electron chi connectivity index (χ2n) is 4.60. The maximum absolute atomic E-state index is 11.9. The molecule has 0 aromatic heterocycles. The highest BCUT2D eigenvalue weighted by Gasteiger charge is 2.18. The van der Waals surface area contributed by atoms with E-state index in [1.807, 2.05) is 0 Å². The highest BCUT2D eigenvalue weighted by Crippen LogP contribution is 2.25. The average molecular weight is 264 g/mol. The zero-order valence-electron chi connectivity index (χ0n) is 11.1. The minimum absolute atomic E-state index is 0.347. The zero-order valence-corrected chi connectivity index (χ0v) is 11.1. The molecule has 0 amide bonds. The van der Waals surface area contributed by atoms with Crippen LogP contribution in [0.15, 0.2) is 18.2 Å². The molecular formula is C14H20N2O3. The summed E-state index contributed by atoms with van der Waals surface area (Å²) in [6.07, 6.45) is 1.04. The Kier molecular flexibility index (Phi) is 4.63. The smallest absolute Gasteiger partial charge is 0.340 e. The summed E-state index contributed by atoms with van der Waals surface area (Å²) < 4.78 is 10.4. The van der Waals surface area contributed by atoms with E-state index in [1.54, 1.807) is 25.1 Å². The normalized spacial score (nSPS) is 18.3. The molecule has 0 aliphatic carbocycles. The summed E-state index contributed by atoms with van der Waals surface area (Å²) in [7, 11) is 0. The van der Waals surface area contributed by atoms with Crippen LogP contribution in [-0.2, 0) is 9.47 Å². The number of para-hydroxylation sites is 1. The predicted molar refractivity (Wildman–Crippen MR) is 74.2 cm³/mol. The van der Waals surface area contributed by atoms with Crippen molar-refractivity contribution in [2.45, 2.75) is 13.3 Å². The summed E-state index contributed by atoms with van der Waals surface area (Å²) in [5.74, 6) is 0.120. The Morgan fingerprint density at radius 1 is 1.58 bits per heavy atom. The van der Waals surface area contributed by atoms with Crippen LogP contribution in [0, 0.1) is 5.92 Å². The van der Waals surface area contributed by atoms with Crippen molar-refractivity contribution < 1.29 is 14.3 Å². The minimum atomic E-state index is -0.347. The van der Waals surface area contributed by atoms with Gasteiger partial charge in [-0.1, -0.05) is 6.07 Å². The molecule has 0 saturated carbocycles. The van der Waals surface area contributed by atoms with Crippen molar-refractivity contribution in [3.05, 3.63) is 23.8 Å². The lowest BCUT2D eigenvalue weighted by Gasteiger charge is -2.16. The second kappa shape index (κ2) is 6.43. The number of nitrogens with one attached hydrogen (secondary N) is 1. The van der Waals surface area contributed by atoms with Crippen molar-refractivity contribution in [2.75, 3.05) is 37.4 Å². The maximum atomic E-state index is 11.9. The molecule has 1 atom stereocenters. The van der Waals surface area contributed by atoms with Crippen LogP contribution in [0.5, 0.6) is 0 Å². The first-order valence-corrected chi connectivity index (χ1v) is 6.59. The lowest BCUT2D eigenvalue weighted by molar-refractivity contribution is 0.0527. The molecule has 19 heavy (non-hydrogen) atoms. The average Bonchev–Trinajstić information content (AvgIpc) is 2.90. The van der Waals surface area contributed by atoms with Crippen LogP contribution >= 0.6 is 0 Å². The number of carbonyl (C=O) groups excluding carboxylic acids is 1. The maximum Gasteiger partial charge on any atom is 0.340 e. The van der Waals surface area contributed by atoms with E-state index in [9.17, 15) is 4.79 Å². The van der Waals surface area contributed by atoms with Crippen molar-refractivity contribution in [1.82, 2.24) is 0 Å². The molecule has 1 aliphatic rings. The molecule has 3 N–H and O–H groups in total. The summed E-state index contributed by atoms with van der Waals surface area (Å²) in [5, 5.41) is 3.26. The van der Waals surface area contributed by atoms with Crippen molar-refractivity contribution in [2.24, 2.45) is 5.92 Å². The molecule has 0 spiro atoms. The second-order valence-corrected chi connectivity index (χ2v) is 4.60. The fourth-order valence-electron chi connectivity index (χ4n) is 2.14. The molecule has 0 bridgehead atoms. The first-order chi connectivity index (χ1) is 9.22. The van der Waals surface area contributed by atoms with Crippen molar-refractivity contribution in [3.8, 4) is 0 Å². The van der Waals surface area contributed by atoms with Gasteiger partial charge in [0.2, 0.25) is 0 Å². The Morgan fingerprint density at radius 2 is 2.42 bits per heavy atom. The van der Waals surface area contributed by atoms with Crippen LogP contribution in [0.2, 0.25) is 0 Å². The summed E-state index contributed by atoms with van der Waals surface area (Å²) in [6.45, 7) is 4.45. The quantitative estimate of drug-likeness (QED) is 0.627. The number of benzene rings is 1. The number of esters is 1. The molecule has 1 saturated heterocycles.